The van der Waals surface area contributed by atoms with E-state index < -0.39 is 4.92 Å². The molecule has 1 heterocycles. The highest BCUT2D eigenvalue weighted by atomic mass is 16.6. The summed E-state index contributed by atoms with van der Waals surface area (Å²) < 4.78 is 0. The molecule has 1 aromatic carbocycles. The van der Waals surface area contributed by atoms with E-state index in [0.717, 1.165) is 31.9 Å². The number of amides is 1. The van der Waals surface area contributed by atoms with Crippen LogP contribution in [0, 0.1) is 10.1 Å². The van der Waals surface area contributed by atoms with Crippen molar-refractivity contribution in [1.82, 2.24) is 5.32 Å². The lowest BCUT2D eigenvalue weighted by Gasteiger charge is -2.22. The molecular weight excluding hydrogens is 250 g/mol. The summed E-state index contributed by atoms with van der Waals surface area (Å²) in [5.74, 6) is -0.540. The lowest BCUT2D eigenvalue weighted by atomic mass is 10.0. The third-order valence-electron chi connectivity index (χ3n) is 3.08. The maximum Gasteiger partial charge on any atom is 0.273 e. The van der Waals surface area contributed by atoms with E-state index in [9.17, 15) is 20.0 Å². The summed E-state index contributed by atoms with van der Waals surface area (Å²) in [6, 6.07) is 3.31. The van der Waals surface area contributed by atoms with Crippen LogP contribution in [-0.2, 0) is 4.79 Å². The molecule has 1 saturated heterocycles. The van der Waals surface area contributed by atoms with Crippen LogP contribution in [0.2, 0.25) is 0 Å². The quantitative estimate of drug-likeness (QED) is 0.435. The first-order chi connectivity index (χ1) is 9.08. The van der Waals surface area contributed by atoms with Gasteiger partial charge >= 0.3 is 0 Å². The van der Waals surface area contributed by atoms with Crippen molar-refractivity contribution in [2.24, 2.45) is 0 Å². The number of piperidine rings is 1. The molecule has 0 aromatic heterocycles. The van der Waals surface area contributed by atoms with Gasteiger partial charge in [-0.15, -0.1) is 0 Å². The number of hydrogen-bond acceptors (Lipinski definition) is 5. The number of aromatic hydroxyl groups is 1. The van der Waals surface area contributed by atoms with Gasteiger partial charge in [0, 0.05) is 6.07 Å². The van der Waals surface area contributed by atoms with Crippen molar-refractivity contribution in [2.75, 3.05) is 11.9 Å². The van der Waals surface area contributed by atoms with Crippen molar-refractivity contribution in [2.45, 2.75) is 25.3 Å². The van der Waals surface area contributed by atoms with Gasteiger partial charge in [0.1, 0.15) is 5.75 Å². The Morgan fingerprint density at radius 2 is 2.26 bits per heavy atom. The molecule has 0 bridgehead atoms. The van der Waals surface area contributed by atoms with Gasteiger partial charge in [0.05, 0.1) is 22.7 Å². The van der Waals surface area contributed by atoms with Gasteiger partial charge in [-0.1, -0.05) is 6.42 Å². The van der Waals surface area contributed by atoms with Crippen LogP contribution in [0.25, 0.3) is 0 Å². The van der Waals surface area contributed by atoms with Crippen molar-refractivity contribution in [3.63, 3.8) is 0 Å². The van der Waals surface area contributed by atoms with Gasteiger partial charge in [-0.2, -0.15) is 0 Å². The highest BCUT2D eigenvalue weighted by Gasteiger charge is 2.21. The molecule has 1 aliphatic rings. The molecule has 3 N–H and O–H groups in total. The number of nitrogens with one attached hydrogen (secondary N) is 2. The first-order valence-corrected chi connectivity index (χ1v) is 6.09. The average molecular weight is 265 g/mol. The minimum atomic E-state index is -0.603. The molecule has 0 saturated carbocycles. The number of nitrogens with zero attached hydrogens (tertiary/aromatic N) is 1. The third kappa shape index (κ3) is 3.19. The van der Waals surface area contributed by atoms with E-state index in [4.69, 9.17) is 0 Å². The van der Waals surface area contributed by atoms with Crippen molar-refractivity contribution >= 4 is 17.3 Å². The summed E-state index contributed by atoms with van der Waals surface area (Å²) in [6.45, 7) is 0.796. The zero-order valence-electron chi connectivity index (χ0n) is 10.3. The molecule has 1 amide bonds. The molecule has 102 valence electrons. The summed E-state index contributed by atoms with van der Waals surface area (Å²) in [7, 11) is 0. The fourth-order valence-corrected chi connectivity index (χ4v) is 2.03. The Bertz CT molecular complexity index is 498. The van der Waals surface area contributed by atoms with Gasteiger partial charge < -0.3 is 15.7 Å². The highest BCUT2D eigenvalue weighted by molar-refractivity contribution is 5.96. The predicted molar refractivity (Wildman–Crippen MR) is 69.0 cm³/mol. The van der Waals surface area contributed by atoms with E-state index >= 15 is 0 Å². The van der Waals surface area contributed by atoms with Gasteiger partial charge in [-0.25, -0.2) is 0 Å². The molecule has 19 heavy (non-hydrogen) atoms. The van der Waals surface area contributed by atoms with E-state index in [1.54, 1.807) is 0 Å². The second kappa shape index (κ2) is 5.66. The van der Waals surface area contributed by atoms with Gasteiger partial charge in [-0.05, 0) is 25.5 Å². The molecule has 7 heteroatoms. The van der Waals surface area contributed by atoms with Crippen LogP contribution in [0.4, 0.5) is 11.4 Å². The molecule has 7 nitrogen and oxygen atoms in total. The SMILES string of the molecule is O=C(Nc1ccc([N+](=O)[O-])cc1O)C1CCCCN1. The second-order valence-electron chi connectivity index (χ2n) is 4.45. The van der Waals surface area contributed by atoms with E-state index in [0.29, 0.717) is 0 Å². The number of phenolic OH excluding ortho intramolecular Hbond substituents is 1. The van der Waals surface area contributed by atoms with Crippen LogP contribution in [-0.4, -0.2) is 28.5 Å². The number of anilines is 1. The number of benzene rings is 1. The Morgan fingerprint density at radius 3 is 2.84 bits per heavy atom. The Morgan fingerprint density at radius 1 is 1.47 bits per heavy atom. The van der Waals surface area contributed by atoms with E-state index in [1.165, 1.54) is 12.1 Å². The van der Waals surface area contributed by atoms with Gasteiger partial charge in [0.15, 0.2) is 0 Å². The summed E-state index contributed by atoms with van der Waals surface area (Å²) >= 11 is 0. The predicted octanol–water partition coefficient (Wildman–Crippen LogP) is 1.38. The minimum Gasteiger partial charge on any atom is -0.506 e. The van der Waals surface area contributed by atoms with Crippen LogP contribution in [0.5, 0.6) is 5.75 Å². The molecule has 1 atom stereocenters. The first kappa shape index (κ1) is 13.3. The largest absolute Gasteiger partial charge is 0.506 e. The minimum absolute atomic E-state index is 0.183. The lowest BCUT2D eigenvalue weighted by molar-refractivity contribution is -0.384. The fraction of sp³-hybridized carbons (Fsp3) is 0.417. The molecule has 1 aromatic rings. The van der Waals surface area contributed by atoms with Gasteiger partial charge in [-0.3, -0.25) is 14.9 Å². The molecule has 1 unspecified atom stereocenters. The van der Waals surface area contributed by atoms with Crippen LogP contribution in [0.1, 0.15) is 19.3 Å². The van der Waals surface area contributed by atoms with E-state index in [1.807, 2.05) is 0 Å². The number of nitro benzene ring substituents is 1. The van der Waals surface area contributed by atoms with Gasteiger partial charge in [0.25, 0.3) is 5.69 Å². The monoisotopic (exact) mass is 265 g/mol. The first-order valence-electron chi connectivity index (χ1n) is 6.09. The molecule has 0 radical (unpaired) electrons. The second-order valence-corrected chi connectivity index (χ2v) is 4.45. The summed E-state index contributed by atoms with van der Waals surface area (Å²) in [5.41, 5.74) is -0.0331. The lowest BCUT2D eigenvalue weighted by Crippen LogP contribution is -2.43. The standard InChI is InChI=1S/C12H15N3O4/c16-11-7-8(15(18)19)4-5-9(11)14-12(17)10-3-1-2-6-13-10/h4-5,7,10,13,16H,1-3,6H2,(H,14,17). The number of non-ortho nitro benzene ring substituents is 1. The summed E-state index contributed by atoms with van der Waals surface area (Å²) in [6.07, 6.45) is 2.78. The smallest absolute Gasteiger partial charge is 0.273 e. The average Bonchev–Trinajstić information content (AvgIpc) is 2.41. The molecular formula is C12H15N3O4. The number of nitro groups is 1. The number of hydrogen-bond donors (Lipinski definition) is 3. The van der Waals surface area contributed by atoms with Gasteiger partial charge in [0.2, 0.25) is 5.91 Å². The highest BCUT2D eigenvalue weighted by Crippen LogP contribution is 2.28. The van der Waals surface area contributed by atoms with Crippen LogP contribution in [0.3, 0.4) is 0 Å². The maximum atomic E-state index is 11.9. The van der Waals surface area contributed by atoms with E-state index in [-0.39, 0.29) is 29.1 Å². The molecule has 1 fully saturated rings. The van der Waals surface area contributed by atoms with E-state index in [2.05, 4.69) is 10.6 Å². The van der Waals surface area contributed by atoms with Crippen LogP contribution < -0.4 is 10.6 Å². The number of carbonyl (C=O) groups excluding carboxylic acids is 1. The number of phenols is 1. The maximum absolute atomic E-state index is 11.9. The number of carbonyl (C=O) groups is 1. The summed E-state index contributed by atoms with van der Waals surface area (Å²) in [4.78, 5) is 21.8. The molecule has 2 rings (SSSR count). The van der Waals surface area contributed by atoms with Crippen molar-refractivity contribution in [3.05, 3.63) is 28.3 Å². The summed E-state index contributed by atoms with van der Waals surface area (Å²) in [5, 5.41) is 25.8. The zero-order chi connectivity index (χ0) is 13.8. The topological polar surface area (TPSA) is 104 Å². The van der Waals surface area contributed by atoms with Crippen molar-refractivity contribution < 1.29 is 14.8 Å². The normalized spacial score (nSPS) is 18.8. The number of rotatable bonds is 3. The molecule has 0 aliphatic carbocycles. The fourth-order valence-electron chi connectivity index (χ4n) is 2.03. The Hall–Kier alpha value is -2.15. The molecule has 0 spiro atoms. The Kier molecular flexibility index (Phi) is 3.96. The Labute approximate surface area is 109 Å². The van der Waals surface area contributed by atoms with Crippen molar-refractivity contribution in [3.8, 4) is 5.75 Å². The van der Waals surface area contributed by atoms with Crippen LogP contribution >= 0.6 is 0 Å². The van der Waals surface area contributed by atoms with Crippen LogP contribution in [0.15, 0.2) is 18.2 Å². The third-order valence-corrected chi connectivity index (χ3v) is 3.08. The zero-order valence-corrected chi connectivity index (χ0v) is 10.3. The molecule has 1 aliphatic heterocycles. The van der Waals surface area contributed by atoms with Crippen molar-refractivity contribution in [1.29, 1.82) is 0 Å². The Balaban J connectivity index is 2.06.